The van der Waals surface area contributed by atoms with Crippen LogP contribution in [0.15, 0.2) is 108 Å². The predicted molar refractivity (Wildman–Crippen MR) is 195 cm³/mol. The van der Waals surface area contributed by atoms with Crippen LogP contribution in [0.1, 0.15) is 34.7 Å². The van der Waals surface area contributed by atoms with Gasteiger partial charge in [-0.05, 0) is 90.8 Å². The van der Waals surface area contributed by atoms with Crippen LogP contribution < -0.4 is 33.9 Å². The zero-order chi connectivity index (χ0) is 35.3. The first kappa shape index (κ1) is 34.5. The van der Waals surface area contributed by atoms with Crippen LogP contribution in [0.5, 0.6) is 28.7 Å². The molecular weight excluding hydrogens is 657 g/mol. The highest BCUT2D eigenvalue weighted by atomic mass is 35.5. The topological polar surface area (TPSA) is 73.8 Å². The van der Waals surface area contributed by atoms with Gasteiger partial charge in [0.05, 0.1) is 46.1 Å². The van der Waals surface area contributed by atoms with Gasteiger partial charge in [0.15, 0.2) is 0 Å². The first-order valence-electron chi connectivity index (χ1n) is 16.0. The number of hydrogen-bond donors (Lipinski definition) is 1. The standard InChI is InChI=1S/C40H39ClFN3O5/c1-40(44-39(34-20-29(41)11-19-37(34)50-40)43-23-28-10-17-33(48-4)22-38(28)49-5)35-21-30(12-18-36(35)42)45(24-26-6-13-31(46-2)14-7-26)25-27-8-15-32(47-3)16-9-27/h6-22H,23-25H2,1-5H3,(H,43,44). The first-order chi connectivity index (χ1) is 24.2. The second-order valence-electron chi connectivity index (χ2n) is 12.0. The normalized spacial score (nSPS) is 15.8. The molecule has 1 heterocycles. The molecule has 5 aromatic carbocycles. The van der Waals surface area contributed by atoms with Crippen molar-refractivity contribution in [3.05, 3.63) is 142 Å². The van der Waals surface area contributed by atoms with E-state index in [0.717, 1.165) is 33.9 Å². The summed E-state index contributed by atoms with van der Waals surface area (Å²) >= 11 is 6.42. The molecule has 50 heavy (non-hydrogen) atoms. The van der Waals surface area contributed by atoms with E-state index in [4.69, 9.17) is 40.3 Å². The molecule has 0 fully saturated rings. The summed E-state index contributed by atoms with van der Waals surface area (Å²) in [5, 5.41) is 3.93. The van der Waals surface area contributed by atoms with E-state index < -0.39 is 11.5 Å². The van der Waals surface area contributed by atoms with Crippen molar-refractivity contribution in [3.8, 4) is 28.7 Å². The lowest BCUT2D eigenvalue weighted by atomic mass is 9.98. The van der Waals surface area contributed by atoms with Crippen LogP contribution >= 0.6 is 11.6 Å². The van der Waals surface area contributed by atoms with Crippen LogP contribution in [0.4, 0.5) is 10.1 Å². The lowest BCUT2D eigenvalue weighted by Gasteiger charge is -2.39. The number of anilines is 1. The summed E-state index contributed by atoms with van der Waals surface area (Å²) in [6.07, 6.45) is 0. The Morgan fingerprint density at radius 1 is 0.740 bits per heavy atom. The van der Waals surface area contributed by atoms with Gasteiger partial charge in [-0.15, -0.1) is 0 Å². The predicted octanol–water partition coefficient (Wildman–Crippen LogP) is 8.52. The number of methoxy groups -OCH3 is 4. The monoisotopic (exact) mass is 695 g/mol. The van der Waals surface area contributed by atoms with E-state index in [1.165, 1.54) is 6.07 Å². The van der Waals surface area contributed by atoms with Gasteiger partial charge in [0, 0.05) is 35.4 Å². The van der Waals surface area contributed by atoms with Crippen LogP contribution in [0.25, 0.3) is 0 Å². The number of ether oxygens (including phenoxy) is 5. The average Bonchev–Trinajstić information content (AvgIpc) is 3.14. The molecule has 1 unspecified atom stereocenters. The molecule has 8 nitrogen and oxygen atoms in total. The third kappa shape index (κ3) is 7.58. The molecule has 0 spiro atoms. The zero-order valence-corrected chi connectivity index (χ0v) is 29.4. The zero-order valence-electron chi connectivity index (χ0n) is 28.6. The Bertz CT molecular complexity index is 1940. The van der Waals surface area contributed by atoms with Crippen LogP contribution in [0.2, 0.25) is 5.02 Å². The number of hydrogen-bond acceptors (Lipinski definition) is 7. The molecule has 1 aliphatic rings. The SMILES string of the molecule is COc1ccc(CN(Cc2ccc(OC)cc2)c2ccc(F)c(C3(C)NC(=NCc4ccc(OC)cc4OC)c4cc(Cl)ccc4O3)c2)cc1. The van der Waals surface area contributed by atoms with E-state index in [-0.39, 0.29) is 6.54 Å². The first-order valence-corrected chi connectivity index (χ1v) is 16.4. The Labute approximate surface area is 297 Å². The van der Waals surface area contributed by atoms with E-state index in [9.17, 15) is 0 Å². The largest absolute Gasteiger partial charge is 0.497 e. The second kappa shape index (κ2) is 15.0. The number of rotatable bonds is 12. The fourth-order valence-electron chi connectivity index (χ4n) is 5.93. The summed E-state index contributed by atoms with van der Waals surface area (Å²) in [5.41, 5.74) is 3.45. The van der Waals surface area contributed by atoms with E-state index in [1.807, 2.05) is 72.8 Å². The lowest BCUT2D eigenvalue weighted by molar-refractivity contribution is 0.0597. The molecule has 0 aromatic heterocycles. The van der Waals surface area contributed by atoms with Gasteiger partial charge in [-0.2, -0.15) is 0 Å². The molecule has 258 valence electrons. The Balaban J connectivity index is 1.37. The van der Waals surface area contributed by atoms with Crippen molar-refractivity contribution in [1.29, 1.82) is 0 Å². The van der Waals surface area contributed by atoms with Gasteiger partial charge in [-0.1, -0.05) is 35.9 Å². The molecule has 0 aliphatic carbocycles. The minimum Gasteiger partial charge on any atom is -0.497 e. The fourth-order valence-corrected chi connectivity index (χ4v) is 6.10. The van der Waals surface area contributed by atoms with Crippen molar-refractivity contribution in [1.82, 2.24) is 5.32 Å². The van der Waals surface area contributed by atoms with Crippen molar-refractivity contribution in [3.63, 3.8) is 0 Å². The molecule has 1 aliphatic heterocycles. The van der Waals surface area contributed by atoms with E-state index in [1.54, 1.807) is 59.6 Å². The Kier molecular flexibility index (Phi) is 10.3. The van der Waals surface area contributed by atoms with Gasteiger partial charge in [-0.3, -0.25) is 4.99 Å². The van der Waals surface area contributed by atoms with Crippen molar-refractivity contribution in [2.75, 3.05) is 33.3 Å². The third-order valence-electron chi connectivity index (χ3n) is 8.66. The van der Waals surface area contributed by atoms with Crippen molar-refractivity contribution >= 4 is 23.1 Å². The third-order valence-corrected chi connectivity index (χ3v) is 8.90. The molecule has 1 atom stereocenters. The van der Waals surface area contributed by atoms with Crippen molar-refractivity contribution in [2.24, 2.45) is 4.99 Å². The average molecular weight is 696 g/mol. The summed E-state index contributed by atoms with van der Waals surface area (Å²) in [7, 11) is 6.50. The van der Waals surface area contributed by atoms with Gasteiger partial charge in [0.1, 0.15) is 40.4 Å². The highest BCUT2D eigenvalue weighted by Crippen LogP contribution is 2.38. The molecule has 0 saturated carbocycles. The maximum atomic E-state index is 16.0. The summed E-state index contributed by atoms with van der Waals surface area (Å²) in [4.78, 5) is 7.13. The van der Waals surface area contributed by atoms with Gasteiger partial charge < -0.3 is 33.9 Å². The molecule has 1 N–H and O–H groups in total. The Morgan fingerprint density at radius 2 is 1.36 bits per heavy atom. The molecule has 0 bridgehead atoms. The van der Waals surface area contributed by atoms with Crippen LogP contribution in [-0.2, 0) is 25.4 Å². The summed E-state index contributed by atoms with van der Waals surface area (Å²) in [6.45, 7) is 3.19. The smallest absolute Gasteiger partial charge is 0.208 e. The fraction of sp³-hybridized carbons (Fsp3) is 0.225. The number of nitrogens with zero attached hydrogens (tertiary/aromatic N) is 2. The van der Waals surface area contributed by atoms with Crippen LogP contribution in [-0.4, -0.2) is 34.3 Å². The van der Waals surface area contributed by atoms with Crippen molar-refractivity contribution < 1.29 is 28.1 Å². The minimum atomic E-state index is -1.32. The number of amidine groups is 1. The molecular formula is C40H39ClFN3O5. The number of nitrogens with one attached hydrogen (secondary N) is 1. The summed E-state index contributed by atoms with van der Waals surface area (Å²) in [6, 6.07) is 31.8. The van der Waals surface area contributed by atoms with E-state index in [0.29, 0.717) is 52.3 Å². The maximum Gasteiger partial charge on any atom is 0.208 e. The lowest BCUT2D eigenvalue weighted by Crippen LogP contribution is -2.52. The molecule has 0 amide bonds. The van der Waals surface area contributed by atoms with Crippen LogP contribution in [0, 0.1) is 5.82 Å². The molecule has 5 aromatic rings. The van der Waals surface area contributed by atoms with Gasteiger partial charge in [-0.25, -0.2) is 4.39 Å². The number of aliphatic imine (C=N–C) groups is 1. The molecule has 0 saturated heterocycles. The van der Waals surface area contributed by atoms with Gasteiger partial charge in [0.2, 0.25) is 5.72 Å². The quantitative estimate of drug-likeness (QED) is 0.140. The second-order valence-corrected chi connectivity index (χ2v) is 12.4. The molecule has 6 rings (SSSR count). The van der Waals surface area contributed by atoms with Crippen LogP contribution in [0.3, 0.4) is 0 Å². The van der Waals surface area contributed by atoms with Crippen molar-refractivity contribution in [2.45, 2.75) is 32.3 Å². The Hall–Kier alpha value is -5.41. The molecule has 10 heteroatoms. The maximum absolute atomic E-state index is 16.0. The van der Waals surface area contributed by atoms with Gasteiger partial charge in [0.25, 0.3) is 0 Å². The summed E-state index contributed by atoms with van der Waals surface area (Å²) < 4.78 is 44.3. The highest BCUT2D eigenvalue weighted by molar-refractivity contribution is 6.31. The van der Waals surface area contributed by atoms with Gasteiger partial charge >= 0.3 is 0 Å². The minimum absolute atomic E-state index is 0.275. The highest BCUT2D eigenvalue weighted by Gasteiger charge is 2.39. The number of fused-ring (bicyclic) bond motifs is 1. The van der Waals surface area contributed by atoms with E-state index in [2.05, 4.69) is 10.2 Å². The Morgan fingerprint density at radius 3 is 1.96 bits per heavy atom. The van der Waals surface area contributed by atoms with E-state index >= 15 is 4.39 Å². The summed E-state index contributed by atoms with van der Waals surface area (Å²) in [5.74, 6) is 3.47. The number of halogens is 2. The number of benzene rings is 5. The molecule has 0 radical (unpaired) electrons.